The Labute approximate surface area is 129 Å². The molecule has 22 heavy (non-hydrogen) atoms. The summed E-state index contributed by atoms with van der Waals surface area (Å²) in [6.45, 7) is 6.34. The molecule has 1 aromatic carbocycles. The highest BCUT2D eigenvalue weighted by Gasteiger charge is 2.41. The molecule has 1 atom stereocenters. The molecule has 2 aliphatic heterocycles. The first-order chi connectivity index (χ1) is 10.3. The van der Waals surface area contributed by atoms with Gasteiger partial charge in [0, 0.05) is 12.1 Å². The first-order valence-corrected chi connectivity index (χ1v) is 7.57. The Balaban J connectivity index is 2.02. The fourth-order valence-corrected chi connectivity index (χ4v) is 3.33. The zero-order chi connectivity index (χ0) is 16.1. The quantitative estimate of drug-likeness (QED) is 0.802. The minimum atomic E-state index is -0.582. The molecule has 1 N–H and O–H groups in total. The smallest absolute Gasteiger partial charge is 0.249 e. The van der Waals surface area contributed by atoms with E-state index >= 15 is 0 Å². The number of carbonyl (C=O) groups excluding carboxylic acids is 3. The number of anilines is 1. The van der Waals surface area contributed by atoms with Gasteiger partial charge in [0.15, 0.2) is 0 Å². The number of carbonyl (C=O) groups is 3. The fourth-order valence-electron chi connectivity index (χ4n) is 3.33. The van der Waals surface area contributed by atoms with Gasteiger partial charge >= 0.3 is 0 Å². The van der Waals surface area contributed by atoms with Gasteiger partial charge in [-0.1, -0.05) is 32.9 Å². The van der Waals surface area contributed by atoms with Crippen LogP contribution in [0.5, 0.6) is 0 Å². The Morgan fingerprint density at radius 1 is 1.18 bits per heavy atom. The molecule has 0 spiro atoms. The SMILES string of the molecule is CC(C)(C)c1cccc2c1CC(=O)N2C1CCC(=O)NC1=O. The van der Waals surface area contributed by atoms with Gasteiger partial charge in [-0.15, -0.1) is 0 Å². The lowest BCUT2D eigenvalue weighted by atomic mass is 9.83. The summed E-state index contributed by atoms with van der Waals surface area (Å²) in [5.41, 5.74) is 2.89. The van der Waals surface area contributed by atoms with Gasteiger partial charge in [-0.2, -0.15) is 0 Å². The van der Waals surface area contributed by atoms with Gasteiger partial charge in [-0.3, -0.25) is 24.6 Å². The van der Waals surface area contributed by atoms with Crippen molar-refractivity contribution in [3.05, 3.63) is 29.3 Å². The lowest BCUT2D eigenvalue weighted by molar-refractivity contribution is -0.135. The van der Waals surface area contributed by atoms with Crippen LogP contribution in [0.3, 0.4) is 0 Å². The van der Waals surface area contributed by atoms with E-state index in [0.29, 0.717) is 12.8 Å². The summed E-state index contributed by atoms with van der Waals surface area (Å²) < 4.78 is 0. The molecule has 1 saturated heterocycles. The molecule has 0 aliphatic carbocycles. The van der Waals surface area contributed by atoms with Gasteiger partial charge in [0.1, 0.15) is 6.04 Å². The number of nitrogens with one attached hydrogen (secondary N) is 1. The first-order valence-electron chi connectivity index (χ1n) is 7.57. The van der Waals surface area contributed by atoms with E-state index in [1.165, 1.54) is 0 Å². The van der Waals surface area contributed by atoms with Crippen LogP contribution < -0.4 is 10.2 Å². The van der Waals surface area contributed by atoms with Crippen LogP contribution in [-0.2, 0) is 26.2 Å². The van der Waals surface area contributed by atoms with E-state index in [0.717, 1.165) is 16.8 Å². The molecule has 1 fully saturated rings. The zero-order valence-corrected chi connectivity index (χ0v) is 13.1. The molecule has 1 unspecified atom stereocenters. The molecule has 0 saturated carbocycles. The summed E-state index contributed by atoms with van der Waals surface area (Å²) in [4.78, 5) is 37.5. The number of amides is 3. The van der Waals surface area contributed by atoms with Crippen molar-refractivity contribution in [1.82, 2.24) is 5.32 Å². The lowest BCUT2D eigenvalue weighted by Gasteiger charge is -2.30. The van der Waals surface area contributed by atoms with Gasteiger partial charge < -0.3 is 0 Å². The van der Waals surface area contributed by atoms with Crippen LogP contribution in [0.4, 0.5) is 5.69 Å². The van der Waals surface area contributed by atoms with Crippen molar-refractivity contribution >= 4 is 23.4 Å². The molecular weight excluding hydrogens is 280 g/mol. The predicted molar refractivity (Wildman–Crippen MR) is 82.5 cm³/mol. The Morgan fingerprint density at radius 2 is 1.91 bits per heavy atom. The number of nitrogens with zero attached hydrogens (tertiary/aromatic N) is 1. The Morgan fingerprint density at radius 3 is 2.55 bits per heavy atom. The minimum absolute atomic E-state index is 0.0631. The van der Waals surface area contributed by atoms with Crippen molar-refractivity contribution in [3.8, 4) is 0 Å². The molecule has 116 valence electrons. The second-order valence-electron chi connectivity index (χ2n) is 6.96. The molecule has 2 heterocycles. The maximum atomic E-state index is 12.5. The Hall–Kier alpha value is -2.17. The normalized spacial score (nSPS) is 21.9. The molecular formula is C17H20N2O3. The number of rotatable bonds is 1. The van der Waals surface area contributed by atoms with Crippen molar-refractivity contribution in [3.63, 3.8) is 0 Å². The second-order valence-corrected chi connectivity index (χ2v) is 6.96. The first kappa shape index (κ1) is 14.8. The highest BCUT2D eigenvalue weighted by atomic mass is 16.2. The van der Waals surface area contributed by atoms with Crippen LogP contribution in [0.15, 0.2) is 18.2 Å². The molecule has 0 radical (unpaired) electrons. The van der Waals surface area contributed by atoms with Gasteiger partial charge in [-0.05, 0) is 29.0 Å². The monoisotopic (exact) mass is 300 g/mol. The molecule has 2 aliphatic rings. The molecule has 5 nitrogen and oxygen atoms in total. The van der Waals surface area contributed by atoms with Gasteiger partial charge in [0.25, 0.3) is 0 Å². The van der Waals surface area contributed by atoms with Crippen LogP contribution in [-0.4, -0.2) is 23.8 Å². The van der Waals surface area contributed by atoms with Gasteiger partial charge in [-0.25, -0.2) is 0 Å². The summed E-state index contributed by atoms with van der Waals surface area (Å²) in [6, 6.07) is 5.28. The fraction of sp³-hybridized carbons (Fsp3) is 0.471. The number of benzene rings is 1. The van der Waals surface area contributed by atoms with Crippen molar-refractivity contribution in [2.45, 2.75) is 51.5 Å². The van der Waals surface area contributed by atoms with Crippen molar-refractivity contribution in [2.24, 2.45) is 0 Å². The summed E-state index contributed by atoms with van der Waals surface area (Å²) >= 11 is 0. The van der Waals surface area contributed by atoms with E-state index in [2.05, 4.69) is 26.1 Å². The summed E-state index contributed by atoms with van der Waals surface area (Å²) in [7, 11) is 0. The van der Waals surface area contributed by atoms with Crippen LogP contribution in [0, 0.1) is 0 Å². The molecule has 3 rings (SSSR count). The largest absolute Gasteiger partial charge is 0.299 e. The molecule has 3 amide bonds. The second kappa shape index (κ2) is 4.93. The van der Waals surface area contributed by atoms with E-state index in [4.69, 9.17) is 0 Å². The topological polar surface area (TPSA) is 66.5 Å². The lowest BCUT2D eigenvalue weighted by Crippen LogP contribution is -2.53. The van der Waals surface area contributed by atoms with Crippen LogP contribution in [0.1, 0.15) is 44.7 Å². The minimum Gasteiger partial charge on any atom is -0.299 e. The van der Waals surface area contributed by atoms with E-state index in [1.54, 1.807) is 4.90 Å². The Kier molecular flexibility index (Phi) is 3.31. The van der Waals surface area contributed by atoms with Gasteiger partial charge in [0.05, 0.1) is 6.42 Å². The third kappa shape index (κ3) is 2.30. The molecule has 0 aromatic heterocycles. The van der Waals surface area contributed by atoms with Crippen LogP contribution in [0.2, 0.25) is 0 Å². The number of hydrogen-bond acceptors (Lipinski definition) is 3. The standard InChI is InChI=1S/C17H20N2O3/c1-17(2,3)11-5-4-6-12-10(11)9-15(21)19(12)13-7-8-14(20)18-16(13)22/h4-6,13H,7-9H2,1-3H3,(H,18,20,22). The summed E-state index contributed by atoms with van der Waals surface area (Å²) in [5, 5.41) is 2.33. The third-order valence-corrected chi connectivity index (χ3v) is 4.34. The molecule has 1 aromatic rings. The maximum Gasteiger partial charge on any atom is 0.249 e. The molecule has 5 heteroatoms. The number of hydrogen-bond donors (Lipinski definition) is 1. The average Bonchev–Trinajstić information content (AvgIpc) is 2.74. The van der Waals surface area contributed by atoms with Crippen molar-refractivity contribution in [1.29, 1.82) is 0 Å². The highest BCUT2D eigenvalue weighted by molar-refractivity contribution is 6.10. The van der Waals surface area contributed by atoms with Gasteiger partial charge in [0.2, 0.25) is 17.7 Å². The van der Waals surface area contributed by atoms with Crippen LogP contribution in [0.25, 0.3) is 0 Å². The number of piperidine rings is 1. The average molecular weight is 300 g/mol. The van der Waals surface area contributed by atoms with Crippen molar-refractivity contribution in [2.75, 3.05) is 4.90 Å². The summed E-state index contributed by atoms with van der Waals surface area (Å²) in [5.74, 6) is -0.712. The van der Waals surface area contributed by atoms with Crippen LogP contribution >= 0.6 is 0 Å². The Bertz CT molecular complexity index is 673. The number of fused-ring (bicyclic) bond motifs is 1. The van der Waals surface area contributed by atoms with Crippen molar-refractivity contribution < 1.29 is 14.4 Å². The number of imide groups is 1. The van der Waals surface area contributed by atoms with E-state index in [-0.39, 0.29) is 29.6 Å². The predicted octanol–water partition coefficient (Wildman–Crippen LogP) is 1.68. The molecule has 0 bridgehead atoms. The summed E-state index contributed by atoms with van der Waals surface area (Å²) in [6.07, 6.45) is 0.977. The maximum absolute atomic E-state index is 12.5. The van der Waals surface area contributed by atoms with E-state index in [9.17, 15) is 14.4 Å². The van der Waals surface area contributed by atoms with E-state index in [1.807, 2.05) is 18.2 Å². The highest BCUT2D eigenvalue weighted by Crippen LogP contribution is 2.38. The van der Waals surface area contributed by atoms with E-state index < -0.39 is 6.04 Å². The zero-order valence-electron chi connectivity index (χ0n) is 13.1. The third-order valence-electron chi connectivity index (χ3n) is 4.34.